The number of rotatable bonds is 6. The normalized spacial score (nSPS) is 9.82. The van der Waals surface area contributed by atoms with Gasteiger partial charge in [0.2, 0.25) is 11.8 Å². The third-order valence-electron chi connectivity index (χ3n) is 2.01. The lowest BCUT2D eigenvalue weighted by atomic mass is 10.5. The number of aromatic nitrogens is 2. The molecule has 0 saturated heterocycles. The van der Waals surface area contributed by atoms with Gasteiger partial charge in [-0.05, 0) is 6.42 Å². The van der Waals surface area contributed by atoms with E-state index in [0.29, 0.717) is 18.4 Å². The van der Waals surface area contributed by atoms with Crippen LogP contribution in [0, 0.1) is 0 Å². The number of likely N-dealkylation sites (N-methyl/N-ethyl adjacent to an activating group) is 1. The Kier molecular flexibility index (Phi) is 5.19. The van der Waals surface area contributed by atoms with Crippen LogP contribution < -0.4 is 9.64 Å². The van der Waals surface area contributed by atoms with Crippen LogP contribution in [-0.4, -0.2) is 43.2 Å². The monoisotopic (exact) mass is 239 g/mol. The minimum absolute atomic E-state index is 0.105. The smallest absolute Gasteiger partial charge is 0.325 e. The van der Waals surface area contributed by atoms with Crippen LogP contribution >= 0.6 is 0 Å². The minimum atomic E-state index is -0.337. The fraction of sp³-hybridized carbons (Fsp3) is 0.545. The molecule has 17 heavy (non-hydrogen) atoms. The second-order valence-corrected chi connectivity index (χ2v) is 3.48. The summed E-state index contributed by atoms with van der Waals surface area (Å²) < 4.78 is 9.95. The molecule has 0 unspecified atom stereocenters. The molecule has 1 aromatic heterocycles. The maximum absolute atomic E-state index is 11.1. The summed E-state index contributed by atoms with van der Waals surface area (Å²) in [5, 5.41) is 0. The van der Waals surface area contributed by atoms with Crippen molar-refractivity contribution in [3.63, 3.8) is 0 Å². The molecule has 0 aliphatic carbocycles. The third kappa shape index (κ3) is 4.26. The van der Waals surface area contributed by atoms with Crippen LogP contribution in [-0.2, 0) is 9.53 Å². The van der Waals surface area contributed by atoms with Crippen molar-refractivity contribution >= 4 is 11.9 Å². The van der Waals surface area contributed by atoms with Gasteiger partial charge in [-0.15, -0.1) is 0 Å². The number of methoxy groups -OCH3 is 1. The van der Waals surface area contributed by atoms with Crippen molar-refractivity contribution in [1.29, 1.82) is 0 Å². The molecular weight excluding hydrogens is 222 g/mol. The molecule has 0 aromatic carbocycles. The van der Waals surface area contributed by atoms with Crippen molar-refractivity contribution in [2.45, 2.75) is 13.3 Å². The first-order valence-corrected chi connectivity index (χ1v) is 5.41. The number of carbonyl (C=O) groups is 1. The van der Waals surface area contributed by atoms with E-state index in [1.165, 1.54) is 7.11 Å². The molecule has 0 bridgehead atoms. The Hall–Kier alpha value is -1.85. The SMILES string of the molecule is CCCOc1ccnc(N(C)CC(=O)OC)n1. The van der Waals surface area contributed by atoms with E-state index in [2.05, 4.69) is 14.7 Å². The lowest BCUT2D eigenvalue weighted by Crippen LogP contribution is -2.28. The predicted octanol–water partition coefficient (Wildman–Crippen LogP) is 0.875. The van der Waals surface area contributed by atoms with Gasteiger partial charge in [-0.1, -0.05) is 6.92 Å². The number of ether oxygens (including phenoxy) is 2. The molecule has 0 fully saturated rings. The zero-order valence-corrected chi connectivity index (χ0v) is 10.3. The lowest BCUT2D eigenvalue weighted by molar-refractivity contribution is -0.138. The maximum atomic E-state index is 11.1. The third-order valence-corrected chi connectivity index (χ3v) is 2.01. The van der Waals surface area contributed by atoms with Crippen molar-refractivity contribution in [2.75, 3.05) is 32.2 Å². The number of nitrogens with zero attached hydrogens (tertiary/aromatic N) is 3. The van der Waals surface area contributed by atoms with Crippen molar-refractivity contribution < 1.29 is 14.3 Å². The van der Waals surface area contributed by atoms with Gasteiger partial charge in [-0.25, -0.2) is 4.98 Å². The van der Waals surface area contributed by atoms with Crippen LogP contribution in [0.5, 0.6) is 5.88 Å². The molecule has 1 aromatic rings. The highest BCUT2D eigenvalue weighted by molar-refractivity contribution is 5.74. The molecule has 6 heteroatoms. The zero-order valence-electron chi connectivity index (χ0n) is 10.3. The van der Waals surface area contributed by atoms with E-state index in [4.69, 9.17) is 4.74 Å². The molecule has 1 heterocycles. The van der Waals surface area contributed by atoms with E-state index in [1.54, 1.807) is 24.2 Å². The van der Waals surface area contributed by atoms with Gasteiger partial charge in [0.15, 0.2) is 0 Å². The zero-order chi connectivity index (χ0) is 12.7. The lowest BCUT2D eigenvalue weighted by Gasteiger charge is -2.15. The van der Waals surface area contributed by atoms with Crippen LogP contribution in [0.4, 0.5) is 5.95 Å². The van der Waals surface area contributed by atoms with Gasteiger partial charge in [0.1, 0.15) is 6.54 Å². The summed E-state index contributed by atoms with van der Waals surface area (Å²) >= 11 is 0. The number of carbonyl (C=O) groups excluding carboxylic acids is 1. The molecule has 6 nitrogen and oxygen atoms in total. The molecule has 0 saturated carbocycles. The number of esters is 1. The Morgan fingerprint density at radius 3 is 2.94 bits per heavy atom. The Balaban J connectivity index is 2.66. The summed E-state index contributed by atoms with van der Waals surface area (Å²) in [7, 11) is 3.06. The predicted molar refractivity (Wildman–Crippen MR) is 63.1 cm³/mol. The molecule has 0 aliphatic heterocycles. The highest BCUT2D eigenvalue weighted by Gasteiger charge is 2.10. The molecular formula is C11H17N3O3. The fourth-order valence-electron chi connectivity index (χ4n) is 1.13. The van der Waals surface area contributed by atoms with Crippen molar-refractivity contribution in [3.05, 3.63) is 12.3 Å². The van der Waals surface area contributed by atoms with Gasteiger partial charge in [-0.3, -0.25) is 4.79 Å². The first kappa shape index (κ1) is 13.2. The van der Waals surface area contributed by atoms with Gasteiger partial charge in [-0.2, -0.15) is 4.98 Å². The second kappa shape index (κ2) is 6.67. The van der Waals surface area contributed by atoms with E-state index in [-0.39, 0.29) is 12.5 Å². The van der Waals surface area contributed by atoms with Crippen molar-refractivity contribution in [2.24, 2.45) is 0 Å². The summed E-state index contributed by atoms with van der Waals surface area (Å²) in [6, 6.07) is 1.69. The van der Waals surface area contributed by atoms with Crippen LogP contribution in [0.3, 0.4) is 0 Å². The van der Waals surface area contributed by atoms with E-state index in [0.717, 1.165) is 6.42 Å². The van der Waals surface area contributed by atoms with Gasteiger partial charge in [0.25, 0.3) is 0 Å². The molecule has 0 atom stereocenters. The topological polar surface area (TPSA) is 64.5 Å². The Bertz CT molecular complexity index is 371. The summed E-state index contributed by atoms with van der Waals surface area (Å²) in [5.74, 6) is 0.605. The summed E-state index contributed by atoms with van der Waals surface area (Å²) in [6.07, 6.45) is 2.51. The van der Waals surface area contributed by atoms with Crippen LogP contribution in [0.25, 0.3) is 0 Å². The summed E-state index contributed by atoms with van der Waals surface area (Å²) in [6.45, 7) is 2.73. The Morgan fingerprint density at radius 1 is 1.53 bits per heavy atom. The second-order valence-electron chi connectivity index (χ2n) is 3.48. The van der Waals surface area contributed by atoms with E-state index >= 15 is 0 Å². The van der Waals surface area contributed by atoms with Crippen molar-refractivity contribution in [3.8, 4) is 5.88 Å². The molecule has 0 radical (unpaired) electrons. The maximum Gasteiger partial charge on any atom is 0.325 e. The highest BCUT2D eigenvalue weighted by Crippen LogP contribution is 2.11. The number of hydrogen-bond donors (Lipinski definition) is 0. The summed E-state index contributed by atoms with van der Waals surface area (Å²) in [5.41, 5.74) is 0. The Labute approximate surface area is 101 Å². The molecule has 0 amide bonds. The van der Waals surface area contributed by atoms with E-state index in [1.807, 2.05) is 6.92 Å². The molecule has 0 spiro atoms. The van der Waals surface area contributed by atoms with Crippen LogP contribution in [0.2, 0.25) is 0 Å². The van der Waals surface area contributed by atoms with Gasteiger partial charge < -0.3 is 14.4 Å². The fourth-order valence-corrected chi connectivity index (χ4v) is 1.13. The molecule has 0 N–H and O–H groups in total. The molecule has 94 valence electrons. The van der Waals surface area contributed by atoms with Crippen LogP contribution in [0.15, 0.2) is 12.3 Å². The van der Waals surface area contributed by atoms with Gasteiger partial charge in [0.05, 0.1) is 13.7 Å². The molecule has 1 rings (SSSR count). The molecule has 0 aliphatic rings. The standard InChI is InChI=1S/C11H17N3O3/c1-4-7-17-9-5-6-12-11(13-9)14(2)8-10(15)16-3/h5-6H,4,7-8H2,1-3H3. The Morgan fingerprint density at radius 2 is 2.29 bits per heavy atom. The van der Waals surface area contributed by atoms with Gasteiger partial charge in [0, 0.05) is 19.3 Å². The van der Waals surface area contributed by atoms with E-state index in [9.17, 15) is 4.79 Å². The average molecular weight is 239 g/mol. The quantitative estimate of drug-likeness (QED) is 0.686. The van der Waals surface area contributed by atoms with E-state index < -0.39 is 0 Å². The van der Waals surface area contributed by atoms with Gasteiger partial charge >= 0.3 is 5.97 Å². The first-order valence-electron chi connectivity index (χ1n) is 5.41. The van der Waals surface area contributed by atoms with Crippen molar-refractivity contribution in [1.82, 2.24) is 9.97 Å². The summed E-state index contributed by atoms with van der Waals surface area (Å²) in [4.78, 5) is 20.9. The number of anilines is 1. The number of hydrogen-bond acceptors (Lipinski definition) is 6. The first-order chi connectivity index (χ1) is 8.17. The largest absolute Gasteiger partial charge is 0.478 e. The minimum Gasteiger partial charge on any atom is -0.478 e. The average Bonchev–Trinajstić information content (AvgIpc) is 2.36. The van der Waals surface area contributed by atoms with Crippen LogP contribution in [0.1, 0.15) is 13.3 Å². The highest BCUT2D eigenvalue weighted by atomic mass is 16.5.